The molecule has 0 spiro atoms. The Labute approximate surface area is 183 Å². The molecule has 0 saturated heterocycles. The Balaban J connectivity index is 1.72. The minimum absolute atomic E-state index is 0.0622. The Hall–Kier alpha value is -3.92. The second-order valence-corrected chi connectivity index (χ2v) is 6.99. The van der Waals surface area contributed by atoms with Crippen LogP contribution in [0.25, 0.3) is 17.4 Å². The molecular weight excluding hydrogens is 451 g/mol. The molecule has 11 heteroatoms. The van der Waals surface area contributed by atoms with Crippen molar-refractivity contribution in [2.24, 2.45) is 5.10 Å². The quantitative estimate of drug-likeness (QED) is 0.276. The largest absolute Gasteiger partial charge is 0.457 e. The van der Waals surface area contributed by atoms with E-state index in [0.717, 1.165) is 6.08 Å². The van der Waals surface area contributed by atoms with Gasteiger partial charge in [-0.2, -0.15) is 23.3 Å². The highest BCUT2D eigenvalue weighted by Gasteiger charge is 2.47. The van der Waals surface area contributed by atoms with Crippen LogP contribution in [0.15, 0.2) is 75.8 Å². The van der Waals surface area contributed by atoms with Gasteiger partial charge in [-0.25, -0.2) is 0 Å². The summed E-state index contributed by atoms with van der Waals surface area (Å²) >= 11 is 5.79. The number of rotatable bonds is 4. The number of alkyl halides is 3. The second-order valence-electron chi connectivity index (χ2n) is 6.58. The molecule has 1 amide bonds. The molecule has 1 aliphatic heterocycles. The van der Waals surface area contributed by atoms with E-state index in [-0.39, 0.29) is 27.9 Å². The molecule has 2 heterocycles. The smallest absolute Gasteiger partial charge is 0.435 e. The van der Waals surface area contributed by atoms with Crippen molar-refractivity contribution >= 4 is 40.7 Å². The molecule has 0 aliphatic carbocycles. The molecule has 0 unspecified atom stereocenters. The number of carbonyl (C=O) groups is 1. The number of anilines is 1. The summed E-state index contributed by atoms with van der Waals surface area (Å²) in [5.41, 5.74) is -1.93. The van der Waals surface area contributed by atoms with Gasteiger partial charge in [0.1, 0.15) is 16.5 Å². The first-order chi connectivity index (χ1) is 15.1. The molecule has 32 heavy (non-hydrogen) atoms. The molecule has 2 aromatic carbocycles. The summed E-state index contributed by atoms with van der Waals surface area (Å²) in [7, 11) is 0. The zero-order chi connectivity index (χ0) is 23.0. The SMILES string of the molecule is O=C1/C(=C\c2ccc(-c3ccc(Cl)c([N+](=O)[O-])c3)o2)C(C(F)(F)F)=NN1c1ccccc1. The third kappa shape index (κ3) is 4.00. The zero-order valence-electron chi connectivity index (χ0n) is 15.8. The lowest BCUT2D eigenvalue weighted by atomic mass is 10.1. The van der Waals surface area contributed by atoms with Gasteiger partial charge in [0.25, 0.3) is 11.6 Å². The Morgan fingerprint density at radius 2 is 1.81 bits per heavy atom. The summed E-state index contributed by atoms with van der Waals surface area (Å²) in [4.78, 5) is 23.1. The van der Waals surface area contributed by atoms with Crippen LogP contribution >= 0.6 is 11.6 Å². The lowest BCUT2D eigenvalue weighted by Crippen LogP contribution is -2.25. The van der Waals surface area contributed by atoms with Gasteiger partial charge < -0.3 is 4.42 Å². The van der Waals surface area contributed by atoms with Crippen molar-refractivity contribution < 1.29 is 27.3 Å². The molecule has 0 fully saturated rings. The minimum atomic E-state index is -4.88. The van der Waals surface area contributed by atoms with Gasteiger partial charge in [0.2, 0.25) is 0 Å². The van der Waals surface area contributed by atoms with Crippen LogP contribution in [0, 0.1) is 10.1 Å². The lowest BCUT2D eigenvalue weighted by molar-refractivity contribution is -0.384. The highest BCUT2D eigenvalue weighted by Crippen LogP contribution is 2.34. The first-order valence-corrected chi connectivity index (χ1v) is 9.34. The fourth-order valence-electron chi connectivity index (χ4n) is 3.03. The Bertz CT molecular complexity index is 1280. The van der Waals surface area contributed by atoms with Crippen molar-refractivity contribution in [3.05, 3.63) is 87.1 Å². The number of para-hydroxylation sites is 1. The third-order valence-corrected chi connectivity index (χ3v) is 4.81. The summed E-state index contributed by atoms with van der Waals surface area (Å²) < 4.78 is 46.2. The fourth-order valence-corrected chi connectivity index (χ4v) is 3.22. The fraction of sp³-hybridized carbons (Fsp3) is 0.0476. The first-order valence-electron chi connectivity index (χ1n) is 8.96. The average Bonchev–Trinajstić information content (AvgIpc) is 3.34. The van der Waals surface area contributed by atoms with Crippen molar-refractivity contribution in [3.63, 3.8) is 0 Å². The number of nitro groups is 1. The van der Waals surface area contributed by atoms with Crippen LogP contribution in [0.2, 0.25) is 5.02 Å². The summed E-state index contributed by atoms with van der Waals surface area (Å²) in [5.74, 6) is -0.885. The topological polar surface area (TPSA) is 88.9 Å². The van der Waals surface area contributed by atoms with Crippen molar-refractivity contribution in [2.45, 2.75) is 6.18 Å². The van der Waals surface area contributed by atoms with Gasteiger partial charge >= 0.3 is 6.18 Å². The van der Waals surface area contributed by atoms with E-state index in [9.17, 15) is 28.1 Å². The van der Waals surface area contributed by atoms with E-state index in [0.29, 0.717) is 10.6 Å². The minimum Gasteiger partial charge on any atom is -0.457 e. The van der Waals surface area contributed by atoms with E-state index in [4.69, 9.17) is 16.0 Å². The highest BCUT2D eigenvalue weighted by molar-refractivity contribution is 6.34. The van der Waals surface area contributed by atoms with Crippen LogP contribution < -0.4 is 5.01 Å². The van der Waals surface area contributed by atoms with Gasteiger partial charge in [-0.05, 0) is 42.5 Å². The van der Waals surface area contributed by atoms with E-state index in [2.05, 4.69) is 5.10 Å². The first kappa shape index (κ1) is 21.3. The molecule has 1 aromatic heterocycles. The number of hydrogen-bond donors (Lipinski definition) is 0. The monoisotopic (exact) mass is 461 g/mol. The van der Waals surface area contributed by atoms with Crippen LogP contribution in [0.3, 0.4) is 0 Å². The predicted molar refractivity (Wildman–Crippen MR) is 111 cm³/mol. The van der Waals surface area contributed by atoms with E-state index in [1.165, 1.54) is 42.5 Å². The van der Waals surface area contributed by atoms with Crippen molar-refractivity contribution in [2.75, 3.05) is 5.01 Å². The summed E-state index contributed by atoms with van der Waals surface area (Å²) in [6.45, 7) is 0. The second kappa shape index (κ2) is 7.97. The van der Waals surface area contributed by atoms with Crippen LogP contribution in [-0.2, 0) is 4.79 Å². The lowest BCUT2D eigenvalue weighted by Gasteiger charge is -2.10. The molecule has 162 valence electrons. The maximum absolute atomic E-state index is 13.5. The van der Waals surface area contributed by atoms with Crippen molar-refractivity contribution in [1.82, 2.24) is 0 Å². The van der Waals surface area contributed by atoms with Crippen LogP contribution in [-0.4, -0.2) is 22.7 Å². The van der Waals surface area contributed by atoms with Gasteiger partial charge in [-0.15, -0.1) is 0 Å². The van der Waals surface area contributed by atoms with Gasteiger partial charge in [0, 0.05) is 11.6 Å². The number of nitrogens with zero attached hydrogens (tertiary/aromatic N) is 3. The maximum Gasteiger partial charge on any atom is 0.435 e. The summed E-state index contributed by atoms with van der Waals surface area (Å²) in [5, 5.41) is 15.1. The van der Waals surface area contributed by atoms with Crippen LogP contribution in [0.4, 0.5) is 24.5 Å². The highest BCUT2D eigenvalue weighted by atomic mass is 35.5. The third-order valence-electron chi connectivity index (χ3n) is 4.49. The number of hydrazone groups is 1. The van der Waals surface area contributed by atoms with E-state index in [1.54, 1.807) is 18.2 Å². The molecule has 0 atom stereocenters. The zero-order valence-corrected chi connectivity index (χ0v) is 16.6. The summed E-state index contributed by atoms with van der Waals surface area (Å²) in [6, 6.07) is 14.4. The Morgan fingerprint density at radius 3 is 2.47 bits per heavy atom. The Kier molecular flexibility index (Phi) is 5.31. The van der Waals surface area contributed by atoms with Gasteiger partial charge in [0.15, 0.2) is 5.71 Å². The van der Waals surface area contributed by atoms with Crippen molar-refractivity contribution in [3.8, 4) is 11.3 Å². The molecule has 7 nitrogen and oxygen atoms in total. The molecule has 0 radical (unpaired) electrons. The molecule has 0 N–H and O–H groups in total. The van der Waals surface area contributed by atoms with Gasteiger partial charge in [-0.3, -0.25) is 14.9 Å². The molecule has 0 saturated carbocycles. The number of hydrogen-bond acceptors (Lipinski definition) is 5. The average molecular weight is 462 g/mol. The Morgan fingerprint density at radius 1 is 1.09 bits per heavy atom. The van der Waals surface area contributed by atoms with Gasteiger partial charge in [-0.1, -0.05) is 29.8 Å². The molecular formula is C21H11ClF3N3O4. The summed E-state index contributed by atoms with van der Waals surface area (Å²) in [6.07, 6.45) is -3.94. The van der Waals surface area contributed by atoms with E-state index >= 15 is 0 Å². The number of furan rings is 1. The van der Waals surface area contributed by atoms with Crippen LogP contribution in [0.1, 0.15) is 5.76 Å². The normalized spacial score (nSPS) is 15.4. The number of nitro benzene ring substituents is 1. The standard InChI is InChI=1S/C21H11ClF3N3O4/c22-16-8-6-12(10-17(16)28(30)31)18-9-7-14(32-18)11-15-19(21(23,24)25)26-27(20(15)29)13-4-2-1-3-5-13/h1-11H/b15-11-. The predicted octanol–water partition coefficient (Wildman–Crippen LogP) is 5.86. The van der Waals surface area contributed by atoms with E-state index in [1.807, 2.05) is 0 Å². The molecule has 3 aromatic rings. The van der Waals surface area contributed by atoms with Gasteiger partial charge in [0.05, 0.1) is 16.2 Å². The molecule has 1 aliphatic rings. The molecule has 0 bridgehead atoms. The van der Waals surface area contributed by atoms with Crippen LogP contribution in [0.5, 0.6) is 0 Å². The number of benzene rings is 2. The maximum atomic E-state index is 13.5. The number of halogens is 4. The van der Waals surface area contributed by atoms with E-state index < -0.39 is 28.3 Å². The number of amides is 1. The van der Waals surface area contributed by atoms with Crippen molar-refractivity contribution in [1.29, 1.82) is 0 Å². The number of carbonyl (C=O) groups excluding carboxylic acids is 1. The molecule has 4 rings (SSSR count).